The predicted molar refractivity (Wildman–Crippen MR) is 87.8 cm³/mol. The monoisotopic (exact) mass is 358 g/mol. The fourth-order valence-electron chi connectivity index (χ4n) is 2.41. The quantitative estimate of drug-likeness (QED) is 0.477. The van der Waals surface area contributed by atoms with Crippen molar-refractivity contribution in [3.05, 3.63) is 23.8 Å². The van der Waals surface area contributed by atoms with Crippen molar-refractivity contribution in [1.82, 2.24) is 4.72 Å². The molecule has 0 bridgehead atoms. The predicted octanol–water partition coefficient (Wildman–Crippen LogP) is 0.636. The molecule has 0 aromatic heterocycles. The van der Waals surface area contributed by atoms with Crippen LogP contribution >= 0.6 is 0 Å². The first-order valence-electron chi connectivity index (χ1n) is 7.77. The van der Waals surface area contributed by atoms with E-state index in [0.717, 1.165) is 18.9 Å². The van der Waals surface area contributed by atoms with Crippen molar-refractivity contribution in [1.29, 1.82) is 0 Å². The summed E-state index contributed by atoms with van der Waals surface area (Å²) in [6.45, 7) is 1.11. The minimum Gasteiger partial charge on any atom is -0.478 e. The Morgan fingerprint density at radius 1 is 1.38 bits per heavy atom. The number of aliphatic hydroxyl groups excluding tert-OH is 1. The largest absolute Gasteiger partial charge is 0.478 e. The first kappa shape index (κ1) is 18.7. The van der Waals surface area contributed by atoms with Crippen molar-refractivity contribution in [2.24, 2.45) is 0 Å². The van der Waals surface area contributed by atoms with Gasteiger partial charge < -0.3 is 20.3 Å². The van der Waals surface area contributed by atoms with E-state index in [2.05, 4.69) is 10.0 Å². The zero-order valence-electron chi connectivity index (χ0n) is 13.2. The van der Waals surface area contributed by atoms with Crippen molar-refractivity contribution in [2.45, 2.75) is 30.3 Å². The van der Waals surface area contributed by atoms with Crippen LogP contribution in [0.15, 0.2) is 23.1 Å². The highest BCUT2D eigenvalue weighted by molar-refractivity contribution is 7.89. The van der Waals surface area contributed by atoms with Crippen LogP contribution in [-0.4, -0.2) is 57.0 Å². The smallest absolute Gasteiger partial charge is 0.335 e. The van der Waals surface area contributed by atoms with E-state index < -0.39 is 16.0 Å². The molecule has 9 heteroatoms. The fourth-order valence-corrected chi connectivity index (χ4v) is 3.68. The molecule has 24 heavy (non-hydrogen) atoms. The first-order chi connectivity index (χ1) is 11.4. The number of rotatable bonds is 9. The molecule has 0 spiro atoms. The number of aliphatic hydroxyl groups is 1. The van der Waals surface area contributed by atoms with E-state index in [-0.39, 0.29) is 29.7 Å². The highest BCUT2D eigenvalue weighted by Gasteiger charge is 2.23. The van der Waals surface area contributed by atoms with E-state index >= 15 is 0 Å². The number of sulfonamides is 1. The molecule has 1 fully saturated rings. The van der Waals surface area contributed by atoms with E-state index in [1.54, 1.807) is 0 Å². The normalized spacial score (nSPS) is 17.8. The van der Waals surface area contributed by atoms with Gasteiger partial charge in [-0.15, -0.1) is 0 Å². The molecule has 0 saturated carbocycles. The lowest BCUT2D eigenvalue weighted by Gasteiger charge is -2.15. The van der Waals surface area contributed by atoms with Crippen LogP contribution in [0.1, 0.15) is 29.6 Å². The molecule has 1 aromatic rings. The average Bonchev–Trinajstić information content (AvgIpc) is 3.07. The second-order valence-corrected chi connectivity index (χ2v) is 7.24. The van der Waals surface area contributed by atoms with Crippen LogP contribution in [0.25, 0.3) is 0 Å². The summed E-state index contributed by atoms with van der Waals surface area (Å²) in [4.78, 5) is 11.0. The van der Waals surface area contributed by atoms with Crippen LogP contribution in [0.2, 0.25) is 0 Å². The third-order valence-corrected chi connectivity index (χ3v) is 5.16. The maximum absolute atomic E-state index is 12.6. The van der Waals surface area contributed by atoms with Crippen LogP contribution in [0.4, 0.5) is 5.69 Å². The number of carboxylic acids is 1. The molecule has 0 amide bonds. The van der Waals surface area contributed by atoms with Crippen molar-refractivity contribution < 1.29 is 28.2 Å². The van der Waals surface area contributed by atoms with E-state index in [1.165, 1.54) is 12.1 Å². The molecule has 1 heterocycles. The van der Waals surface area contributed by atoms with Gasteiger partial charge in [0.1, 0.15) is 4.90 Å². The van der Waals surface area contributed by atoms with E-state index in [0.29, 0.717) is 25.3 Å². The Morgan fingerprint density at radius 2 is 2.17 bits per heavy atom. The average molecular weight is 358 g/mol. The summed E-state index contributed by atoms with van der Waals surface area (Å²) in [5.74, 6) is -1.20. The van der Waals surface area contributed by atoms with Crippen molar-refractivity contribution in [2.75, 3.05) is 31.6 Å². The first-order valence-corrected chi connectivity index (χ1v) is 9.25. The van der Waals surface area contributed by atoms with Crippen LogP contribution in [0.5, 0.6) is 0 Å². The molecular weight excluding hydrogens is 336 g/mol. The molecule has 4 N–H and O–H groups in total. The van der Waals surface area contributed by atoms with Gasteiger partial charge in [-0.25, -0.2) is 17.9 Å². The number of aromatic carboxylic acids is 1. The lowest BCUT2D eigenvalue weighted by Crippen LogP contribution is -2.32. The van der Waals surface area contributed by atoms with Crippen LogP contribution in [0.3, 0.4) is 0 Å². The van der Waals surface area contributed by atoms with Crippen LogP contribution in [0, 0.1) is 0 Å². The summed E-state index contributed by atoms with van der Waals surface area (Å²) in [6, 6.07) is 3.88. The van der Waals surface area contributed by atoms with Gasteiger partial charge in [-0.2, -0.15) is 0 Å². The molecule has 0 aliphatic carbocycles. The minimum atomic E-state index is -3.89. The van der Waals surface area contributed by atoms with Gasteiger partial charge in [-0.05, 0) is 37.5 Å². The Morgan fingerprint density at radius 3 is 2.79 bits per heavy atom. The molecule has 1 atom stereocenters. The third-order valence-electron chi connectivity index (χ3n) is 3.69. The van der Waals surface area contributed by atoms with Gasteiger partial charge in [-0.3, -0.25) is 0 Å². The summed E-state index contributed by atoms with van der Waals surface area (Å²) in [5, 5.41) is 20.8. The highest BCUT2D eigenvalue weighted by atomic mass is 32.2. The van der Waals surface area contributed by atoms with Gasteiger partial charge in [0.05, 0.1) is 17.4 Å². The number of anilines is 1. The second-order valence-electron chi connectivity index (χ2n) is 5.51. The summed E-state index contributed by atoms with van der Waals surface area (Å²) < 4.78 is 33.0. The van der Waals surface area contributed by atoms with E-state index in [4.69, 9.17) is 14.9 Å². The number of nitrogens with one attached hydrogen (secondary N) is 2. The number of ether oxygens (including phenoxy) is 1. The summed E-state index contributed by atoms with van der Waals surface area (Å²) in [6.07, 6.45) is 1.98. The highest BCUT2D eigenvalue weighted by Crippen LogP contribution is 2.23. The Bertz CT molecular complexity index is 671. The Balaban J connectivity index is 2.21. The van der Waals surface area contributed by atoms with Gasteiger partial charge in [-0.1, -0.05) is 0 Å². The topological polar surface area (TPSA) is 125 Å². The molecule has 0 radical (unpaired) electrons. The lowest BCUT2D eigenvalue weighted by atomic mass is 10.2. The molecule has 0 unspecified atom stereocenters. The van der Waals surface area contributed by atoms with E-state index in [9.17, 15) is 13.2 Å². The maximum atomic E-state index is 12.6. The molecule has 8 nitrogen and oxygen atoms in total. The van der Waals surface area contributed by atoms with Gasteiger partial charge in [0.2, 0.25) is 10.0 Å². The summed E-state index contributed by atoms with van der Waals surface area (Å²) in [5.41, 5.74) is 0.188. The van der Waals surface area contributed by atoms with Crippen molar-refractivity contribution in [3.63, 3.8) is 0 Å². The van der Waals surface area contributed by atoms with Crippen molar-refractivity contribution >= 4 is 21.7 Å². The molecule has 1 aromatic carbocycles. The number of carbonyl (C=O) groups is 1. The van der Waals surface area contributed by atoms with Crippen LogP contribution in [-0.2, 0) is 14.8 Å². The Labute approximate surface area is 140 Å². The van der Waals surface area contributed by atoms with Crippen LogP contribution < -0.4 is 10.0 Å². The van der Waals surface area contributed by atoms with Gasteiger partial charge in [0.15, 0.2) is 0 Å². The molecule has 1 saturated heterocycles. The Hall–Kier alpha value is -1.68. The van der Waals surface area contributed by atoms with E-state index in [1.807, 2.05) is 0 Å². The molecule has 2 rings (SSSR count). The number of benzene rings is 1. The van der Waals surface area contributed by atoms with Gasteiger partial charge in [0, 0.05) is 26.3 Å². The zero-order valence-corrected chi connectivity index (χ0v) is 14.0. The third kappa shape index (κ3) is 4.91. The summed E-state index contributed by atoms with van der Waals surface area (Å²) in [7, 11) is -3.89. The van der Waals surface area contributed by atoms with Gasteiger partial charge in [0.25, 0.3) is 0 Å². The Kier molecular flexibility index (Phi) is 6.55. The zero-order chi connectivity index (χ0) is 17.6. The lowest BCUT2D eigenvalue weighted by molar-refractivity contribution is 0.0696. The number of carboxylic acid groups (broad SMARTS) is 1. The fraction of sp³-hybridized carbons (Fsp3) is 0.533. The number of hydrogen-bond donors (Lipinski definition) is 4. The summed E-state index contributed by atoms with van der Waals surface area (Å²) >= 11 is 0. The second kappa shape index (κ2) is 8.43. The SMILES string of the molecule is O=C(O)c1ccc(NCCCO)c(S(=O)(=O)NC[C@@H]2CCCO2)c1. The standard InChI is InChI=1S/C15H22N2O6S/c18-7-2-6-16-13-5-4-11(15(19)20)9-14(13)24(21,22)17-10-12-3-1-8-23-12/h4-5,9,12,16-18H,1-3,6-8,10H2,(H,19,20)/t12-/m0/s1. The maximum Gasteiger partial charge on any atom is 0.335 e. The minimum absolute atomic E-state index is 0.0282. The molecule has 1 aliphatic heterocycles. The van der Waals surface area contributed by atoms with Gasteiger partial charge >= 0.3 is 5.97 Å². The van der Waals surface area contributed by atoms with Crippen molar-refractivity contribution in [3.8, 4) is 0 Å². The molecule has 134 valence electrons. The molecule has 1 aliphatic rings. The number of hydrogen-bond acceptors (Lipinski definition) is 6. The molecular formula is C15H22N2O6S.